The summed E-state index contributed by atoms with van der Waals surface area (Å²) in [5, 5.41) is 6.30. The standard InChI is InChI=1S/C11H9ClF3N3O2S/c12-21(19,20)10-17-16-9(6-7-11(13,14)15)18(10)8-4-2-1-3-5-8/h1-5H,6-7H2. The number of nitrogens with zero attached hydrogens (tertiary/aromatic N) is 3. The number of hydrogen-bond donors (Lipinski definition) is 0. The third kappa shape index (κ3) is 3.94. The molecule has 0 saturated carbocycles. The molecule has 0 aliphatic heterocycles. The van der Waals surface area contributed by atoms with E-state index >= 15 is 0 Å². The van der Waals surface area contributed by atoms with Gasteiger partial charge in [0, 0.05) is 22.8 Å². The summed E-state index contributed by atoms with van der Waals surface area (Å²) < 4.78 is 60.9. The lowest BCUT2D eigenvalue weighted by Gasteiger charge is -2.10. The second kappa shape index (κ2) is 5.64. The largest absolute Gasteiger partial charge is 0.389 e. The van der Waals surface area contributed by atoms with Crippen LogP contribution in [-0.2, 0) is 15.5 Å². The Bertz CT molecular complexity index is 729. The molecule has 0 saturated heterocycles. The van der Waals surface area contributed by atoms with Gasteiger partial charge in [-0.1, -0.05) is 18.2 Å². The molecule has 21 heavy (non-hydrogen) atoms. The van der Waals surface area contributed by atoms with Crippen molar-refractivity contribution in [3.63, 3.8) is 0 Å². The maximum absolute atomic E-state index is 12.3. The molecular formula is C11H9ClF3N3O2S. The highest BCUT2D eigenvalue weighted by Crippen LogP contribution is 2.25. The molecule has 0 N–H and O–H groups in total. The molecule has 2 rings (SSSR count). The van der Waals surface area contributed by atoms with Crippen molar-refractivity contribution in [2.24, 2.45) is 0 Å². The lowest BCUT2D eigenvalue weighted by Crippen LogP contribution is -2.13. The summed E-state index contributed by atoms with van der Waals surface area (Å²) in [5.41, 5.74) is 0.318. The third-order valence-electron chi connectivity index (χ3n) is 2.56. The zero-order valence-electron chi connectivity index (χ0n) is 10.4. The molecule has 10 heteroatoms. The Morgan fingerprint density at radius 1 is 1.14 bits per heavy atom. The minimum absolute atomic E-state index is 0.127. The van der Waals surface area contributed by atoms with E-state index in [2.05, 4.69) is 10.2 Å². The van der Waals surface area contributed by atoms with E-state index in [0.717, 1.165) is 4.57 Å². The van der Waals surface area contributed by atoms with Gasteiger partial charge in [0.25, 0.3) is 14.2 Å². The van der Waals surface area contributed by atoms with Gasteiger partial charge >= 0.3 is 6.18 Å². The van der Waals surface area contributed by atoms with Gasteiger partial charge in [0.1, 0.15) is 5.82 Å². The maximum atomic E-state index is 12.3. The topological polar surface area (TPSA) is 64.8 Å². The molecule has 0 aliphatic rings. The van der Waals surface area contributed by atoms with Gasteiger partial charge in [-0.2, -0.15) is 13.2 Å². The van der Waals surface area contributed by atoms with Gasteiger partial charge in [-0.3, -0.25) is 4.57 Å². The van der Waals surface area contributed by atoms with Crippen molar-refractivity contribution in [2.45, 2.75) is 24.2 Å². The molecule has 1 aromatic carbocycles. The summed E-state index contributed by atoms with van der Waals surface area (Å²) in [6.07, 6.45) is -6.02. The molecule has 0 atom stereocenters. The molecule has 2 aromatic rings. The van der Waals surface area contributed by atoms with E-state index in [1.54, 1.807) is 18.2 Å². The first kappa shape index (κ1) is 15.8. The van der Waals surface area contributed by atoms with Crippen molar-refractivity contribution in [2.75, 3.05) is 0 Å². The molecule has 1 heterocycles. The molecule has 0 aliphatic carbocycles. The number of aromatic nitrogens is 3. The zero-order valence-corrected chi connectivity index (χ0v) is 12.0. The van der Waals surface area contributed by atoms with E-state index in [0.29, 0.717) is 5.69 Å². The minimum Gasteiger partial charge on any atom is -0.269 e. The van der Waals surface area contributed by atoms with E-state index < -0.39 is 33.2 Å². The van der Waals surface area contributed by atoms with Gasteiger partial charge in [-0.05, 0) is 12.1 Å². The number of benzene rings is 1. The lowest BCUT2D eigenvalue weighted by atomic mass is 10.2. The van der Waals surface area contributed by atoms with Crippen molar-refractivity contribution < 1.29 is 21.6 Å². The lowest BCUT2D eigenvalue weighted by molar-refractivity contribution is -0.134. The fraction of sp³-hybridized carbons (Fsp3) is 0.273. The van der Waals surface area contributed by atoms with Crippen LogP contribution in [0.3, 0.4) is 0 Å². The van der Waals surface area contributed by atoms with Crippen LogP contribution in [-0.4, -0.2) is 29.4 Å². The quantitative estimate of drug-likeness (QED) is 0.803. The molecule has 1 aromatic heterocycles. The summed E-state index contributed by atoms with van der Waals surface area (Å²) in [5.74, 6) is -0.127. The van der Waals surface area contributed by atoms with E-state index in [9.17, 15) is 21.6 Å². The van der Waals surface area contributed by atoms with Crippen LogP contribution in [0.2, 0.25) is 0 Å². The Balaban J connectivity index is 2.50. The normalized spacial score (nSPS) is 12.6. The Labute approximate surface area is 122 Å². The van der Waals surface area contributed by atoms with Crippen LogP contribution in [0.1, 0.15) is 12.2 Å². The number of halogens is 4. The van der Waals surface area contributed by atoms with E-state index in [1.807, 2.05) is 0 Å². The highest BCUT2D eigenvalue weighted by Gasteiger charge is 2.30. The summed E-state index contributed by atoms with van der Waals surface area (Å²) >= 11 is 0. The Hall–Kier alpha value is -1.61. The zero-order chi connectivity index (χ0) is 15.7. The number of alkyl halides is 3. The molecule has 114 valence electrons. The molecular weight excluding hydrogens is 331 g/mol. The Morgan fingerprint density at radius 3 is 2.29 bits per heavy atom. The number of para-hydroxylation sites is 1. The van der Waals surface area contributed by atoms with Crippen molar-refractivity contribution in [1.82, 2.24) is 14.8 Å². The van der Waals surface area contributed by atoms with Crippen LogP contribution in [0, 0.1) is 0 Å². The van der Waals surface area contributed by atoms with Crippen LogP contribution in [0.5, 0.6) is 0 Å². The van der Waals surface area contributed by atoms with Gasteiger partial charge in [0.2, 0.25) is 0 Å². The van der Waals surface area contributed by atoms with Crippen LogP contribution in [0.15, 0.2) is 35.5 Å². The first-order valence-corrected chi connectivity index (χ1v) is 8.00. The Kier molecular flexibility index (Phi) is 4.24. The molecule has 0 amide bonds. The van der Waals surface area contributed by atoms with E-state index in [4.69, 9.17) is 10.7 Å². The fourth-order valence-corrected chi connectivity index (χ4v) is 2.58. The van der Waals surface area contributed by atoms with Crippen molar-refractivity contribution in [3.05, 3.63) is 36.2 Å². The van der Waals surface area contributed by atoms with Crippen molar-refractivity contribution in [1.29, 1.82) is 0 Å². The van der Waals surface area contributed by atoms with Crippen molar-refractivity contribution in [3.8, 4) is 5.69 Å². The number of rotatable bonds is 4. The SMILES string of the molecule is O=S(=O)(Cl)c1nnc(CCC(F)(F)F)n1-c1ccccc1. The van der Waals surface area contributed by atoms with E-state index in [-0.39, 0.29) is 5.82 Å². The second-order valence-corrected chi connectivity index (χ2v) is 6.58. The van der Waals surface area contributed by atoms with Gasteiger partial charge < -0.3 is 0 Å². The average molecular weight is 340 g/mol. The van der Waals surface area contributed by atoms with Crippen LogP contribution >= 0.6 is 10.7 Å². The van der Waals surface area contributed by atoms with Crippen LogP contribution < -0.4 is 0 Å². The fourth-order valence-electron chi connectivity index (χ4n) is 1.71. The van der Waals surface area contributed by atoms with Gasteiger partial charge in [0.05, 0.1) is 6.42 Å². The van der Waals surface area contributed by atoms with Gasteiger partial charge in [0.15, 0.2) is 0 Å². The summed E-state index contributed by atoms with van der Waals surface area (Å²) in [6.45, 7) is 0. The summed E-state index contributed by atoms with van der Waals surface area (Å²) in [4.78, 5) is 0. The van der Waals surface area contributed by atoms with Crippen LogP contribution in [0.4, 0.5) is 13.2 Å². The predicted octanol–water partition coefficient (Wildman–Crippen LogP) is 2.69. The average Bonchev–Trinajstić information content (AvgIpc) is 2.80. The monoisotopic (exact) mass is 339 g/mol. The molecule has 5 nitrogen and oxygen atoms in total. The Morgan fingerprint density at radius 2 is 1.76 bits per heavy atom. The molecule has 0 radical (unpaired) electrons. The summed E-state index contributed by atoms with van der Waals surface area (Å²) in [7, 11) is 1.01. The number of hydrogen-bond acceptors (Lipinski definition) is 4. The highest BCUT2D eigenvalue weighted by molar-refractivity contribution is 8.13. The molecule has 0 unspecified atom stereocenters. The first-order valence-electron chi connectivity index (χ1n) is 5.69. The van der Waals surface area contributed by atoms with Crippen LogP contribution in [0.25, 0.3) is 5.69 Å². The molecule has 0 bridgehead atoms. The molecule has 0 spiro atoms. The van der Waals surface area contributed by atoms with Crippen molar-refractivity contribution >= 4 is 19.7 Å². The molecule has 0 fully saturated rings. The maximum Gasteiger partial charge on any atom is 0.389 e. The summed E-state index contributed by atoms with van der Waals surface area (Å²) in [6, 6.07) is 7.93. The second-order valence-electron chi connectivity index (χ2n) is 4.12. The highest BCUT2D eigenvalue weighted by atomic mass is 35.7. The minimum atomic E-state index is -4.38. The third-order valence-corrected chi connectivity index (χ3v) is 3.68. The van der Waals surface area contributed by atoms with Gasteiger partial charge in [-0.15, -0.1) is 10.2 Å². The first-order chi connectivity index (χ1) is 9.68. The van der Waals surface area contributed by atoms with E-state index in [1.165, 1.54) is 12.1 Å². The van der Waals surface area contributed by atoms with Gasteiger partial charge in [-0.25, -0.2) is 8.42 Å². The smallest absolute Gasteiger partial charge is 0.269 e. The number of aryl methyl sites for hydroxylation is 1. The predicted molar refractivity (Wildman–Crippen MR) is 68.8 cm³/mol.